The summed E-state index contributed by atoms with van der Waals surface area (Å²) in [5.41, 5.74) is 1.98. The van der Waals surface area contributed by atoms with E-state index in [1.165, 1.54) is 54.4 Å². The van der Waals surface area contributed by atoms with Gasteiger partial charge in [-0.15, -0.1) is 0 Å². The molecule has 0 bridgehead atoms. The number of fused-ring (bicyclic) bond motifs is 1. The quantitative estimate of drug-likeness (QED) is 0.0561. The molecule has 0 radical (unpaired) electrons. The number of benzene rings is 4. The van der Waals surface area contributed by atoms with Crippen LogP contribution in [0.25, 0.3) is 28.4 Å². The lowest BCUT2D eigenvalue weighted by atomic mass is 10.2. The van der Waals surface area contributed by atoms with E-state index < -0.39 is 10.9 Å². The minimum atomic E-state index is -0.670. The van der Waals surface area contributed by atoms with Crippen molar-refractivity contribution in [2.24, 2.45) is 5.10 Å². The molecule has 0 amide bonds. The molecule has 4 aromatic carbocycles. The molecule has 0 spiro atoms. The molecule has 11 heteroatoms. The van der Waals surface area contributed by atoms with Crippen molar-refractivity contribution < 1.29 is 23.9 Å². The molecule has 0 saturated heterocycles. The van der Waals surface area contributed by atoms with Crippen LogP contribution in [0.15, 0.2) is 107 Å². The van der Waals surface area contributed by atoms with Gasteiger partial charge in [0.1, 0.15) is 5.75 Å². The van der Waals surface area contributed by atoms with Crippen LogP contribution >= 0.6 is 0 Å². The molecule has 0 saturated carbocycles. The number of hydrogen-bond acceptors (Lipinski definition) is 9. The minimum Gasteiger partial charge on any atom is -0.497 e. The third kappa shape index (κ3) is 6.46. The van der Waals surface area contributed by atoms with Crippen molar-refractivity contribution in [3.8, 4) is 28.6 Å². The molecule has 0 aliphatic rings. The van der Waals surface area contributed by atoms with Gasteiger partial charge >= 0.3 is 5.97 Å². The Morgan fingerprint density at radius 3 is 2.33 bits per heavy atom. The topological polar surface area (TPSA) is 135 Å². The van der Waals surface area contributed by atoms with E-state index in [2.05, 4.69) is 5.10 Å². The largest absolute Gasteiger partial charge is 0.497 e. The van der Waals surface area contributed by atoms with E-state index >= 15 is 0 Å². The van der Waals surface area contributed by atoms with Gasteiger partial charge in [-0.1, -0.05) is 12.1 Å². The van der Waals surface area contributed by atoms with Gasteiger partial charge in [0.2, 0.25) is 0 Å². The number of ether oxygens (including phenoxy) is 3. The fourth-order valence-corrected chi connectivity index (χ4v) is 4.14. The highest BCUT2D eigenvalue weighted by Crippen LogP contribution is 2.28. The van der Waals surface area contributed by atoms with Crippen LogP contribution in [0.2, 0.25) is 0 Å². The first-order valence-electron chi connectivity index (χ1n) is 12.9. The summed E-state index contributed by atoms with van der Waals surface area (Å²) in [5.74, 6) is 0.773. The van der Waals surface area contributed by atoms with Crippen molar-refractivity contribution in [2.45, 2.75) is 0 Å². The van der Waals surface area contributed by atoms with Gasteiger partial charge in [-0.3, -0.25) is 14.9 Å². The standard InChI is InChI=1S/C32H24N4O7/c1-41-25-15-11-23(12-16-25)31-34-27-6-4-3-5-26(27)32(38)35(31)33-20-22-9-17-28(29(19-22)42-2)43-30(37)18-10-21-7-13-24(14-8-21)36(39)40/h3-20H,1-2H3/b18-10+,33-20?. The normalized spacial score (nSPS) is 11.2. The number of hydrogen-bond donors (Lipinski definition) is 0. The van der Waals surface area contributed by atoms with Crippen LogP contribution < -0.4 is 19.8 Å². The smallest absolute Gasteiger partial charge is 0.336 e. The number of esters is 1. The SMILES string of the molecule is COc1ccc(-c2nc3ccccc3c(=O)n2N=Cc2ccc(OC(=O)/C=C/c3ccc([N+](=O)[O-])cc3)c(OC)c2)cc1. The highest BCUT2D eigenvalue weighted by atomic mass is 16.6. The summed E-state index contributed by atoms with van der Waals surface area (Å²) in [4.78, 5) is 40.9. The van der Waals surface area contributed by atoms with Gasteiger partial charge in [-0.25, -0.2) is 9.78 Å². The second kappa shape index (κ2) is 12.6. The number of aromatic nitrogens is 2. The van der Waals surface area contributed by atoms with Gasteiger partial charge in [0.05, 0.1) is 36.3 Å². The second-order valence-corrected chi connectivity index (χ2v) is 9.06. The number of methoxy groups -OCH3 is 2. The summed E-state index contributed by atoms with van der Waals surface area (Å²) in [7, 11) is 3.00. The van der Waals surface area contributed by atoms with Gasteiger partial charge < -0.3 is 14.2 Å². The zero-order chi connectivity index (χ0) is 30.3. The van der Waals surface area contributed by atoms with Gasteiger partial charge in [0.25, 0.3) is 11.2 Å². The lowest BCUT2D eigenvalue weighted by molar-refractivity contribution is -0.384. The van der Waals surface area contributed by atoms with E-state index in [1.807, 2.05) is 6.07 Å². The van der Waals surface area contributed by atoms with Crippen molar-refractivity contribution in [2.75, 3.05) is 14.2 Å². The number of para-hydroxylation sites is 1. The Morgan fingerprint density at radius 1 is 0.907 bits per heavy atom. The molecule has 0 aliphatic heterocycles. The maximum absolute atomic E-state index is 13.4. The monoisotopic (exact) mass is 576 g/mol. The Labute approximate surface area is 245 Å². The van der Waals surface area contributed by atoms with Crippen LogP contribution in [0, 0.1) is 10.1 Å². The average molecular weight is 577 g/mol. The summed E-state index contributed by atoms with van der Waals surface area (Å²) < 4.78 is 17.3. The Balaban J connectivity index is 1.40. The fraction of sp³-hybridized carbons (Fsp3) is 0.0625. The predicted octanol–water partition coefficient (Wildman–Crippen LogP) is 5.49. The summed E-state index contributed by atoms with van der Waals surface area (Å²) in [6.45, 7) is 0. The van der Waals surface area contributed by atoms with Gasteiger partial charge in [-0.2, -0.15) is 9.78 Å². The Bertz CT molecular complexity index is 1930. The Morgan fingerprint density at radius 2 is 1.63 bits per heavy atom. The molecule has 43 heavy (non-hydrogen) atoms. The zero-order valence-corrected chi connectivity index (χ0v) is 23.0. The average Bonchev–Trinajstić information content (AvgIpc) is 3.04. The van der Waals surface area contributed by atoms with Crippen LogP contribution in [-0.2, 0) is 4.79 Å². The molecule has 0 unspecified atom stereocenters. The number of nitro benzene ring substituents is 1. The lowest BCUT2D eigenvalue weighted by Gasteiger charge is -2.11. The van der Waals surface area contributed by atoms with Crippen LogP contribution in [-0.4, -0.2) is 41.0 Å². The first-order chi connectivity index (χ1) is 20.9. The third-order valence-electron chi connectivity index (χ3n) is 6.34. The van der Waals surface area contributed by atoms with Gasteiger partial charge in [0.15, 0.2) is 17.3 Å². The van der Waals surface area contributed by atoms with E-state index in [0.29, 0.717) is 39.2 Å². The van der Waals surface area contributed by atoms with Crippen LogP contribution in [0.1, 0.15) is 11.1 Å². The van der Waals surface area contributed by atoms with Crippen LogP contribution in [0.3, 0.4) is 0 Å². The minimum absolute atomic E-state index is 0.0493. The van der Waals surface area contributed by atoms with Crippen molar-refractivity contribution >= 4 is 34.9 Å². The first kappa shape index (κ1) is 28.4. The van der Waals surface area contributed by atoms with E-state index in [1.54, 1.807) is 67.8 Å². The highest BCUT2D eigenvalue weighted by Gasteiger charge is 2.13. The van der Waals surface area contributed by atoms with E-state index in [0.717, 1.165) is 0 Å². The fourth-order valence-electron chi connectivity index (χ4n) is 4.14. The van der Waals surface area contributed by atoms with Crippen molar-refractivity contribution in [1.29, 1.82) is 0 Å². The van der Waals surface area contributed by atoms with Gasteiger partial charge in [-0.05, 0) is 83.9 Å². The van der Waals surface area contributed by atoms with E-state index in [-0.39, 0.29) is 22.7 Å². The van der Waals surface area contributed by atoms with Crippen molar-refractivity contribution in [3.63, 3.8) is 0 Å². The Hall–Kier alpha value is -6.10. The summed E-state index contributed by atoms with van der Waals surface area (Å²) in [6, 6.07) is 24.7. The lowest BCUT2D eigenvalue weighted by Crippen LogP contribution is -2.20. The Kier molecular flexibility index (Phi) is 8.33. The molecule has 5 rings (SSSR count). The van der Waals surface area contributed by atoms with Crippen LogP contribution in [0.4, 0.5) is 5.69 Å². The highest BCUT2D eigenvalue weighted by molar-refractivity contribution is 5.89. The maximum Gasteiger partial charge on any atom is 0.336 e. The molecule has 1 aromatic heterocycles. The maximum atomic E-state index is 13.4. The van der Waals surface area contributed by atoms with E-state index in [4.69, 9.17) is 19.2 Å². The molecular formula is C32H24N4O7. The molecule has 214 valence electrons. The summed E-state index contributed by atoms with van der Waals surface area (Å²) in [6.07, 6.45) is 4.17. The number of nitro groups is 1. The number of nitrogens with zero attached hydrogens (tertiary/aromatic N) is 4. The number of rotatable bonds is 9. The molecule has 0 aliphatic carbocycles. The number of carbonyl (C=O) groups is 1. The number of non-ortho nitro benzene ring substituents is 1. The van der Waals surface area contributed by atoms with E-state index in [9.17, 15) is 19.7 Å². The molecule has 5 aromatic rings. The van der Waals surface area contributed by atoms with Crippen molar-refractivity contribution in [1.82, 2.24) is 9.66 Å². The van der Waals surface area contributed by atoms with Crippen molar-refractivity contribution in [3.05, 3.63) is 129 Å². The molecule has 11 nitrogen and oxygen atoms in total. The molecule has 0 atom stereocenters. The zero-order valence-electron chi connectivity index (χ0n) is 23.0. The predicted molar refractivity (Wildman–Crippen MR) is 162 cm³/mol. The molecule has 1 heterocycles. The first-order valence-corrected chi connectivity index (χ1v) is 12.9. The molecular weight excluding hydrogens is 552 g/mol. The third-order valence-corrected chi connectivity index (χ3v) is 6.34. The van der Waals surface area contributed by atoms with Crippen LogP contribution in [0.5, 0.6) is 17.2 Å². The summed E-state index contributed by atoms with van der Waals surface area (Å²) >= 11 is 0. The second-order valence-electron chi connectivity index (χ2n) is 9.06. The molecule has 0 N–H and O–H groups in total. The molecule has 0 fully saturated rings. The number of carbonyl (C=O) groups excluding carboxylic acids is 1. The van der Waals surface area contributed by atoms with Gasteiger partial charge in [0, 0.05) is 23.8 Å². The summed E-state index contributed by atoms with van der Waals surface area (Å²) in [5, 5.41) is 15.7.